The topological polar surface area (TPSA) is 176 Å². The van der Waals surface area contributed by atoms with E-state index in [0.717, 1.165) is 0 Å². The average Bonchev–Trinajstić information content (AvgIpc) is 2.49. The van der Waals surface area contributed by atoms with Gasteiger partial charge in [0.1, 0.15) is 5.78 Å². The molecule has 2 unspecified atom stereocenters. The highest BCUT2D eigenvalue weighted by molar-refractivity contribution is 7.53. The van der Waals surface area contributed by atoms with Crippen molar-refractivity contribution >= 4 is 25.4 Å². The van der Waals surface area contributed by atoms with Crippen molar-refractivity contribution in [1.82, 2.24) is 5.32 Å². The van der Waals surface area contributed by atoms with Crippen LogP contribution in [0.2, 0.25) is 0 Å². The van der Waals surface area contributed by atoms with Gasteiger partial charge in [-0.15, -0.1) is 0 Å². The van der Waals surface area contributed by atoms with Crippen molar-refractivity contribution in [1.29, 1.82) is 0 Å². The lowest BCUT2D eigenvalue weighted by molar-refractivity contribution is -0.146. The molecule has 3 atom stereocenters. The van der Waals surface area contributed by atoms with Gasteiger partial charge in [0.25, 0.3) is 0 Å². The molecule has 0 aromatic carbocycles. The predicted octanol–water partition coefficient (Wildman–Crippen LogP) is 0.734. The normalized spacial score (nSPS) is 16.0. The molecule has 25 heavy (non-hydrogen) atoms. The molecule has 0 radical (unpaired) electrons. The highest BCUT2D eigenvalue weighted by Crippen LogP contribution is 2.50. The lowest BCUT2D eigenvalue weighted by Crippen LogP contribution is -2.40. The van der Waals surface area contributed by atoms with Gasteiger partial charge in [-0.3, -0.25) is 18.7 Å². The Bertz CT molecular complexity index is 511. The Hall–Kier alpha value is -1.48. The SMILES string of the molecule is CC(C)[C@@H](NC(=O)CCC(=O)O)P(=O)(O)OC(CCCCN)C(=O)O. The Kier molecular flexibility index (Phi) is 10.5. The number of carboxylic acid groups (broad SMARTS) is 2. The molecule has 1 amide bonds. The van der Waals surface area contributed by atoms with Gasteiger partial charge in [0.2, 0.25) is 5.91 Å². The third-order valence-electron chi connectivity index (χ3n) is 3.33. The largest absolute Gasteiger partial charge is 0.481 e. The summed E-state index contributed by atoms with van der Waals surface area (Å²) in [5.74, 6) is -5.17. The van der Waals surface area contributed by atoms with Gasteiger partial charge in [-0.05, 0) is 31.7 Å². The smallest absolute Gasteiger partial charge is 0.351 e. The molecule has 0 aliphatic heterocycles. The number of amides is 1. The van der Waals surface area contributed by atoms with Gasteiger partial charge in [-0.25, -0.2) is 4.79 Å². The molecule has 6 N–H and O–H groups in total. The van der Waals surface area contributed by atoms with E-state index in [4.69, 9.17) is 20.5 Å². The Morgan fingerprint density at radius 1 is 1.16 bits per heavy atom. The van der Waals surface area contributed by atoms with Crippen molar-refractivity contribution in [3.05, 3.63) is 0 Å². The number of nitrogens with one attached hydrogen (secondary N) is 1. The molecule has 11 heteroatoms. The van der Waals surface area contributed by atoms with Crippen LogP contribution in [0.1, 0.15) is 46.0 Å². The van der Waals surface area contributed by atoms with Crippen molar-refractivity contribution in [3.63, 3.8) is 0 Å². The molecular formula is C14H27N2O8P. The first-order valence-corrected chi connectivity index (χ1v) is 9.60. The van der Waals surface area contributed by atoms with E-state index in [1.165, 1.54) is 0 Å². The van der Waals surface area contributed by atoms with Crippen molar-refractivity contribution in [2.45, 2.75) is 57.8 Å². The molecule has 0 aromatic heterocycles. The van der Waals surface area contributed by atoms with Crippen molar-refractivity contribution in [2.24, 2.45) is 11.7 Å². The number of rotatable bonds is 13. The number of hydrogen-bond acceptors (Lipinski definition) is 6. The number of unbranched alkanes of at least 4 members (excludes halogenated alkanes) is 1. The van der Waals surface area contributed by atoms with Crippen LogP contribution < -0.4 is 11.1 Å². The van der Waals surface area contributed by atoms with Crippen LogP contribution in [-0.4, -0.2) is 51.4 Å². The number of carbonyl (C=O) groups is 3. The Morgan fingerprint density at radius 3 is 2.20 bits per heavy atom. The summed E-state index contributed by atoms with van der Waals surface area (Å²) in [6.07, 6.45) is -1.33. The fourth-order valence-corrected chi connectivity index (χ4v) is 3.78. The van der Waals surface area contributed by atoms with Crippen molar-refractivity contribution in [2.75, 3.05) is 6.54 Å². The van der Waals surface area contributed by atoms with Crippen LogP contribution in [0.15, 0.2) is 0 Å². The standard InChI is InChI=1S/C14H27N2O8P/c1-9(2)13(16-11(17)6-7-12(18)19)25(22,23)24-10(14(20)21)5-3-4-8-15/h9-10,13H,3-8,15H2,1-2H3,(H,16,17)(H,18,19)(H,20,21)(H,22,23)/t10?,13-/m0/s1. The predicted molar refractivity (Wildman–Crippen MR) is 88.9 cm³/mol. The Labute approximate surface area is 146 Å². The molecule has 0 saturated carbocycles. The molecule has 0 saturated heterocycles. The summed E-state index contributed by atoms with van der Waals surface area (Å²) >= 11 is 0. The second-order valence-corrected chi connectivity index (χ2v) is 7.83. The zero-order chi connectivity index (χ0) is 19.6. The highest BCUT2D eigenvalue weighted by atomic mass is 31.2. The van der Waals surface area contributed by atoms with E-state index in [9.17, 15) is 23.8 Å². The van der Waals surface area contributed by atoms with Gasteiger partial charge >= 0.3 is 19.5 Å². The third kappa shape index (κ3) is 9.54. The Balaban J connectivity index is 5.02. The number of carboxylic acids is 2. The summed E-state index contributed by atoms with van der Waals surface area (Å²) in [5.41, 5.74) is 5.33. The molecule has 0 rings (SSSR count). The molecule has 0 aliphatic carbocycles. The number of hydrogen-bond donors (Lipinski definition) is 5. The average molecular weight is 382 g/mol. The van der Waals surface area contributed by atoms with Crippen LogP contribution >= 0.6 is 7.60 Å². The van der Waals surface area contributed by atoms with Crippen molar-refractivity contribution in [3.8, 4) is 0 Å². The van der Waals surface area contributed by atoms with Crippen LogP contribution in [0.25, 0.3) is 0 Å². The van der Waals surface area contributed by atoms with Gasteiger partial charge in [-0.1, -0.05) is 13.8 Å². The molecule has 0 aromatic rings. The van der Waals surface area contributed by atoms with Crippen LogP contribution in [0, 0.1) is 5.92 Å². The van der Waals surface area contributed by atoms with E-state index in [-0.39, 0.29) is 12.8 Å². The number of nitrogens with two attached hydrogens (primary N) is 1. The van der Waals surface area contributed by atoms with Crippen molar-refractivity contribution < 1.29 is 38.6 Å². The first-order valence-electron chi connectivity index (χ1n) is 7.96. The van der Waals surface area contributed by atoms with Crippen LogP contribution in [0.4, 0.5) is 0 Å². The summed E-state index contributed by atoms with van der Waals surface area (Å²) in [7, 11) is -4.51. The minimum Gasteiger partial charge on any atom is -0.481 e. The van der Waals surface area contributed by atoms with Crippen LogP contribution in [0.3, 0.4) is 0 Å². The zero-order valence-electron chi connectivity index (χ0n) is 14.4. The second-order valence-electron chi connectivity index (χ2n) is 5.93. The molecular weight excluding hydrogens is 355 g/mol. The van der Waals surface area contributed by atoms with Gasteiger partial charge in [0, 0.05) is 6.42 Å². The van der Waals surface area contributed by atoms with Gasteiger partial charge in [0.15, 0.2) is 6.10 Å². The molecule has 146 valence electrons. The van der Waals surface area contributed by atoms with E-state index in [0.29, 0.717) is 19.4 Å². The highest BCUT2D eigenvalue weighted by Gasteiger charge is 2.40. The molecule has 10 nitrogen and oxygen atoms in total. The summed E-state index contributed by atoms with van der Waals surface area (Å²) in [4.78, 5) is 43.6. The third-order valence-corrected chi connectivity index (χ3v) is 5.32. The van der Waals surface area contributed by atoms with E-state index in [2.05, 4.69) is 5.32 Å². The molecule has 0 heterocycles. The lowest BCUT2D eigenvalue weighted by Gasteiger charge is -2.28. The van der Waals surface area contributed by atoms with Gasteiger partial charge in [-0.2, -0.15) is 0 Å². The van der Waals surface area contributed by atoms with E-state index >= 15 is 0 Å². The Morgan fingerprint density at radius 2 is 1.76 bits per heavy atom. The zero-order valence-corrected chi connectivity index (χ0v) is 15.3. The quantitative estimate of drug-likeness (QED) is 0.227. The molecule has 0 bridgehead atoms. The maximum atomic E-state index is 12.5. The van der Waals surface area contributed by atoms with Gasteiger partial charge in [0.05, 0.1) is 6.42 Å². The summed E-state index contributed by atoms with van der Waals surface area (Å²) < 4.78 is 17.4. The minimum absolute atomic E-state index is 0.00879. The summed E-state index contributed by atoms with van der Waals surface area (Å²) in [5, 5.41) is 20.0. The maximum absolute atomic E-state index is 12.5. The fraction of sp³-hybridized carbons (Fsp3) is 0.786. The van der Waals surface area contributed by atoms with Gasteiger partial charge < -0.3 is 26.2 Å². The van der Waals surface area contributed by atoms with E-state index < -0.39 is 49.7 Å². The van der Waals surface area contributed by atoms with E-state index in [1.54, 1.807) is 13.8 Å². The summed E-state index contributed by atoms with van der Waals surface area (Å²) in [6, 6.07) is 0. The van der Waals surface area contributed by atoms with Crippen LogP contribution in [0.5, 0.6) is 0 Å². The number of carbonyl (C=O) groups excluding carboxylic acids is 1. The van der Waals surface area contributed by atoms with Crippen LogP contribution in [-0.2, 0) is 23.5 Å². The molecule has 0 fully saturated rings. The summed E-state index contributed by atoms with van der Waals surface area (Å²) in [6.45, 7) is 3.47. The first kappa shape index (κ1) is 23.5. The lowest BCUT2D eigenvalue weighted by atomic mass is 10.1. The minimum atomic E-state index is -4.51. The van der Waals surface area contributed by atoms with E-state index in [1.807, 2.05) is 0 Å². The fourth-order valence-electron chi connectivity index (χ4n) is 2.03. The molecule has 0 aliphatic rings. The second kappa shape index (κ2) is 11.2. The monoisotopic (exact) mass is 382 g/mol. The maximum Gasteiger partial charge on any atom is 0.351 e. The number of aliphatic carboxylic acids is 2. The molecule has 0 spiro atoms. The first-order chi connectivity index (χ1) is 11.5.